The monoisotopic (exact) mass is 406 g/mol. The first kappa shape index (κ1) is 21.6. The van der Waals surface area contributed by atoms with Gasteiger partial charge in [-0.2, -0.15) is 0 Å². The molecule has 0 nitrogen and oxygen atoms in total. The Hall–Kier alpha value is -1.63. The summed E-state index contributed by atoms with van der Waals surface area (Å²) in [6.07, 6.45) is 12.8. The molecule has 2 aromatic rings. The van der Waals surface area contributed by atoms with Crippen LogP contribution in [-0.2, 0) is 6.42 Å². The molecule has 0 saturated heterocycles. The van der Waals surface area contributed by atoms with Gasteiger partial charge in [0, 0.05) is 0 Å². The number of rotatable bonds is 5. The zero-order valence-electron chi connectivity index (χ0n) is 19.2. The minimum atomic E-state index is -0.0127. The van der Waals surface area contributed by atoms with E-state index in [0.29, 0.717) is 5.41 Å². The normalized spacial score (nSPS) is 31.7. The molecule has 0 radical (unpaired) electrons. The Bertz CT molecular complexity index is 829. The van der Waals surface area contributed by atoms with Gasteiger partial charge in [-0.25, -0.2) is 4.39 Å². The van der Waals surface area contributed by atoms with E-state index in [1.165, 1.54) is 57.8 Å². The van der Waals surface area contributed by atoms with E-state index in [4.69, 9.17) is 0 Å². The Morgan fingerprint density at radius 3 is 2.37 bits per heavy atom. The van der Waals surface area contributed by atoms with Gasteiger partial charge < -0.3 is 0 Å². The SMILES string of the molecule is CCCC1CC(c2ccccc2)CC2(CCC(C)(Cc3ccc(C)cc3F)CC2)C1. The third-order valence-corrected chi connectivity index (χ3v) is 8.33. The van der Waals surface area contributed by atoms with Crippen molar-refractivity contribution in [2.75, 3.05) is 0 Å². The van der Waals surface area contributed by atoms with Gasteiger partial charge in [-0.1, -0.05) is 69.2 Å². The van der Waals surface area contributed by atoms with Gasteiger partial charge in [-0.05, 0) is 104 Å². The zero-order valence-corrected chi connectivity index (χ0v) is 19.2. The first-order valence-electron chi connectivity index (χ1n) is 12.2. The zero-order chi connectivity index (χ0) is 21.2. The molecule has 2 fully saturated rings. The maximum Gasteiger partial charge on any atom is 0.126 e. The second kappa shape index (κ2) is 8.85. The van der Waals surface area contributed by atoms with Crippen molar-refractivity contribution >= 4 is 0 Å². The summed E-state index contributed by atoms with van der Waals surface area (Å²) in [6.45, 7) is 6.71. The highest BCUT2D eigenvalue weighted by Gasteiger charge is 2.45. The molecule has 2 saturated carbocycles. The van der Waals surface area contributed by atoms with Gasteiger partial charge in [0.05, 0.1) is 0 Å². The van der Waals surface area contributed by atoms with Crippen molar-refractivity contribution in [3.05, 3.63) is 71.0 Å². The summed E-state index contributed by atoms with van der Waals surface area (Å²) >= 11 is 0. The van der Waals surface area contributed by atoms with Crippen LogP contribution in [0.25, 0.3) is 0 Å². The number of aryl methyl sites for hydroxylation is 1. The Kier molecular flexibility index (Phi) is 6.37. The molecule has 0 aromatic heterocycles. The van der Waals surface area contributed by atoms with E-state index in [1.807, 2.05) is 13.0 Å². The van der Waals surface area contributed by atoms with Crippen LogP contribution >= 0.6 is 0 Å². The van der Waals surface area contributed by atoms with Gasteiger partial charge in [0.2, 0.25) is 0 Å². The van der Waals surface area contributed by atoms with Crippen molar-refractivity contribution in [3.8, 4) is 0 Å². The lowest BCUT2D eigenvalue weighted by molar-refractivity contribution is 0.0229. The average molecular weight is 407 g/mol. The molecule has 2 unspecified atom stereocenters. The van der Waals surface area contributed by atoms with E-state index in [9.17, 15) is 4.39 Å². The quantitative estimate of drug-likeness (QED) is 0.466. The molecule has 0 N–H and O–H groups in total. The van der Waals surface area contributed by atoms with Crippen molar-refractivity contribution in [1.29, 1.82) is 0 Å². The maximum absolute atomic E-state index is 14.5. The first-order chi connectivity index (χ1) is 14.4. The van der Waals surface area contributed by atoms with Crippen LogP contribution in [0.3, 0.4) is 0 Å². The largest absolute Gasteiger partial charge is 0.207 e. The van der Waals surface area contributed by atoms with Gasteiger partial charge >= 0.3 is 0 Å². The lowest BCUT2D eigenvalue weighted by atomic mass is 9.54. The highest BCUT2D eigenvalue weighted by Crippen LogP contribution is 2.58. The lowest BCUT2D eigenvalue weighted by Crippen LogP contribution is -2.39. The molecule has 30 heavy (non-hydrogen) atoms. The average Bonchev–Trinajstić information content (AvgIpc) is 2.74. The summed E-state index contributed by atoms with van der Waals surface area (Å²) in [7, 11) is 0. The van der Waals surface area contributed by atoms with E-state index in [1.54, 1.807) is 11.6 Å². The molecule has 1 spiro atoms. The summed E-state index contributed by atoms with van der Waals surface area (Å²) in [5.74, 6) is 1.57. The van der Waals surface area contributed by atoms with Gasteiger partial charge in [0.25, 0.3) is 0 Å². The van der Waals surface area contributed by atoms with Crippen LogP contribution in [0, 0.1) is 29.5 Å². The Morgan fingerprint density at radius 2 is 1.70 bits per heavy atom. The predicted octanol–water partition coefficient (Wildman–Crippen LogP) is 8.63. The number of hydrogen-bond acceptors (Lipinski definition) is 0. The van der Waals surface area contributed by atoms with Crippen LogP contribution in [0.2, 0.25) is 0 Å². The first-order valence-corrected chi connectivity index (χ1v) is 12.2. The third kappa shape index (κ3) is 4.82. The van der Waals surface area contributed by atoms with E-state index < -0.39 is 0 Å². The second-order valence-electron chi connectivity index (χ2n) is 11.0. The smallest absolute Gasteiger partial charge is 0.126 e. The van der Waals surface area contributed by atoms with Gasteiger partial charge in [0.15, 0.2) is 0 Å². The van der Waals surface area contributed by atoms with Crippen LogP contribution in [0.5, 0.6) is 0 Å². The Labute approximate surface area is 183 Å². The fourth-order valence-corrected chi connectivity index (χ4v) is 6.62. The molecule has 4 rings (SSSR count). The molecule has 1 heteroatoms. The molecule has 0 bridgehead atoms. The van der Waals surface area contributed by atoms with E-state index in [-0.39, 0.29) is 11.2 Å². The van der Waals surface area contributed by atoms with Gasteiger partial charge in [-0.15, -0.1) is 0 Å². The van der Waals surface area contributed by atoms with Crippen LogP contribution in [-0.4, -0.2) is 0 Å². The van der Waals surface area contributed by atoms with Crippen molar-refractivity contribution in [2.24, 2.45) is 16.7 Å². The van der Waals surface area contributed by atoms with Crippen molar-refractivity contribution < 1.29 is 4.39 Å². The number of benzene rings is 2. The topological polar surface area (TPSA) is 0 Å². The summed E-state index contributed by atoms with van der Waals surface area (Å²) in [6, 6.07) is 17.0. The van der Waals surface area contributed by atoms with Crippen LogP contribution in [0.1, 0.15) is 94.2 Å². The van der Waals surface area contributed by atoms with Crippen molar-refractivity contribution in [2.45, 2.75) is 90.9 Å². The molecule has 0 aliphatic heterocycles. The minimum Gasteiger partial charge on any atom is -0.207 e. The molecule has 0 heterocycles. The number of halogens is 1. The molecule has 2 aliphatic carbocycles. The summed E-state index contributed by atoms with van der Waals surface area (Å²) in [5, 5.41) is 0. The van der Waals surface area contributed by atoms with E-state index >= 15 is 0 Å². The Morgan fingerprint density at radius 1 is 0.967 bits per heavy atom. The summed E-state index contributed by atoms with van der Waals surface area (Å²) < 4.78 is 14.5. The van der Waals surface area contributed by atoms with Crippen LogP contribution in [0.15, 0.2) is 48.5 Å². The number of hydrogen-bond donors (Lipinski definition) is 0. The Balaban J connectivity index is 1.48. The standard InChI is InChI=1S/C29H39F/c1-4-8-23-18-26(24-9-6-5-7-10-24)21-29(19-23)15-13-28(3,14-16-29)20-25-12-11-22(2)17-27(25)30/h5-7,9-12,17,23,26H,4,8,13-16,18-21H2,1-3H3. The molecule has 162 valence electrons. The fraction of sp³-hybridized carbons (Fsp3) is 0.586. The highest BCUT2D eigenvalue weighted by molar-refractivity contribution is 5.25. The maximum atomic E-state index is 14.5. The summed E-state index contributed by atoms with van der Waals surface area (Å²) in [5.41, 5.74) is 4.21. The van der Waals surface area contributed by atoms with Gasteiger partial charge in [0.1, 0.15) is 5.82 Å². The lowest BCUT2D eigenvalue weighted by Gasteiger charge is -2.51. The minimum absolute atomic E-state index is 0.0127. The van der Waals surface area contributed by atoms with E-state index in [2.05, 4.69) is 50.2 Å². The molecule has 0 amide bonds. The van der Waals surface area contributed by atoms with Crippen LogP contribution in [0.4, 0.5) is 4.39 Å². The highest BCUT2D eigenvalue weighted by atomic mass is 19.1. The second-order valence-corrected chi connectivity index (χ2v) is 11.0. The summed E-state index contributed by atoms with van der Waals surface area (Å²) in [4.78, 5) is 0. The van der Waals surface area contributed by atoms with Gasteiger partial charge in [-0.3, -0.25) is 0 Å². The molecule has 2 aromatic carbocycles. The molecular formula is C29H39F. The third-order valence-electron chi connectivity index (χ3n) is 8.33. The molecule has 2 atom stereocenters. The van der Waals surface area contributed by atoms with Crippen molar-refractivity contribution in [3.63, 3.8) is 0 Å². The molecular weight excluding hydrogens is 367 g/mol. The molecule has 2 aliphatic rings. The van der Waals surface area contributed by atoms with E-state index in [0.717, 1.165) is 29.4 Å². The fourth-order valence-electron chi connectivity index (χ4n) is 6.62. The van der Waals surface area contributed by atoms with Crippen LogP contribution < -0.4 is 0 Å². The van der Waals surface area contributed by atoms with Crippen molar-refractivity contribution in [1.82, 2.24) is 0 Å². The predicted molar refractivity (Wildman–Crippen MR) is 125 cm³/mol.